The van der Waals surface area contributed by atoms with Gasteiger partial charge in [0.15, 0.2) is 0 Å². The molecule has 34 heavy (non-hydrogen) atoms. The van der Waals surface area contributed by atoms with E-state index in [9.17, 15) is 19.2 Å². The van der Waals surface area contributed by atoms with Crippen LogP contribution in [0.15, 0.2) is 60.7 Å². The molecule has 0 radical (unpaired) electrons. The molecule has 10 heteroatoms. The summed E-state index contributed by atoms with van der Waals surface area (Å²) in [5, 5.41) is 0. The molecule has 0 atom stereocenters. The van der Waals surface area contributed by atoms with Gasteiger partial charge in [-0.05, 0) is 48.5 Å². The summed E-state index contributed by atoms with van der Waals surface area (Å²) in [5.74, 6) is -0.979. The Balaban J connectivity index is 1.59. The predicted octanol–water partition coefficient (Wildman–Crippen LogP) is 2.64. The summed E-state index contributed by atoms with van der Waals surface area (Å²) in [6.45, 7) is -0.463. The van der Waals surface area contributed by atoms with E-state index in [4.69, 9.17) is 28.4 Å². The van der Waals surface area contributed by atoms with Crippen LogP contribution < -0.4 is 18.9 Å². The molecule has 0 aliphatic rings. The molecule has 0 spiro atoms. The Morgan fingerprint density at radius 2 is 0.912 bits per heavy atom. The Labute approximate surface area is 196 Å². The van der Waals surface area contributed by atoms with Crippen LogP contribution in [0.3, 0.4) is 0 Å². The SMILES string of the molecule is COc1ccc(OC(=O)CCOC(=O)/C=C\C(=O)OCCC(=O)Oc2ccc(OC)cc2)cc1. The lowest BCUT2D eigenvalue weighted by Gasteiger charge is -2.06. The molecular weight excluding hydrogens is 448 g/mol. The summed E-state index contributed by atoms with van der Waals surface area (Å²) in [4.78, 5) is 46.7. The number of carbonyl (C=O) groups is 4. The zero-order valence-corrected chi connectivity index (χ0v) is 18.7. The fourth-order valence-corrected chi connectivity index (χ4v) is 2.35. The number of carbonyl (C=O) groups excluding carboxylic acids is 4. The smallest absolute Gasteiger partial charge is 0.331 e. The highest BCUT2D eigenvalue weighted by Gasteiger charge is 2.09. The zero-order chi connectivity index (χ0) is 24.8. The first kappa shape index (κ1) is 25.9. The molecule has 0 aliphatic heterocycles. The molecule has 2 aromatic carbocycles. The Hall–Kier alpha value is -4.34. The van der Waals surface area contributed by atoms with Crippen molar-refractivity contribution in [2.45, 2.75) is 12.8 Å². The van der Waals surface area contributed by atoms with Crippen LogP contribution >= 0.6 is 0 Å². The summed E-state index contributed by atoms with van der Waals surface area (Å²) in [7, 11) is 3.04. The monoisotopic (exact) mass is 472 g/mol. The molecule has 0 heterocycles. The van der Waals surface area contributed by atoms with Gasteiger partial charge in [-0.2, -0.15) is 0 Å². The minimum atomic E-state index is -0.840. The van der Waals surface area contributed by atoms with Gasteiger partial charge in [-0.15, -0.1) is 0 Å². The van der Waals surface area contributed by atoms with Crippen molar-refractivity contribution in [3.8, 4) is 23.0 Å². The van der Waals surface area contributed by atoms with E-state index >= 15 is 0 Å². The van der Waals surface area contributed by atoms with Crippen molar-refractivity contribution in [1.82, 2.24) is 0 Å². The number of benzene rings is 2. The van der Waals surface area contributed by atoms with Crippen molar-refractivity contribution in [3.63, 3.8) is 0 Å². The predicted molar refractivity (Wildman–Crippen MR) is 118 cm³/mol. The molecule has 0 saturated heterocycles. The molecule has 0 aromatic heterocycles. The highest BCUT2D eigenvalue weighted by Crippen LogP contribution is 2.18. The first-order valence-corrected chi connectivity index (χ1v) is 10.1. The summed E-state index contributed by atoms with van der Waals surface area (Å²) >= 11 is 0. The molecular formula is C24H24O10. The lowest BCUT2D eigenvalue weighted by atomic mass is 10.3. The van der Waals surface area contributed by atoms with Crippen molar-refractivity contribution in [1.29, 1.82) is 0 Å². The van der Waals surface area contributed by atoms with Crippen molar-refractivity contribution in [2.75, 3.05) is 27.4 Å². The highest BCUT2D eigenvalue weighted by molar-refractivity contribution is 5.91. The van der Waals surface area contributed by atoms with Gasteiger partial charge in [-0.1, -0.05) is 0 Å². The molecule has 0 N–H and O–H groups in total. The van der Waals surface area contributed by atoms with Crippen LogP contribution in [0.2, 0.25) is 0 Å². The molecule has 0 fully saturated rings. The largest absolute Gasteiger partial charge is 0.497 e. The Morgan fingerprint density at radius 1 is 0.588 bits per heavy atom. The van der Waals surface area contributed by atoms with E-state index in [1.807, 2.05) is 0 Å². The molecule has 0 unspecified atom stereocenters. The fourth-order valence-electron chi connectivity index (χ4n) is 2.35. The average Bonchev–Trinajstić information content (AvgIpc) is 2.83. The minimum Gasteiger partial charge on any atom is -0.497 e. The molecule has 180 valence electrons. The second-order valence-electron chi connectivity index (χ2n) is 6.47. The maximum atomic E-state index is 11.8. The quantitative estimate of drug-likeness (QED) is 0.259. The zero-order valence-electron chi connectivity index (χ0n) is 18.7. The van der Waals surface area contributed by atoms with E-state index in [-0.39, 0.29) is 26.1 Å². The summed E-state index contributed by atoms with van der Waals surface area (Å²) in [5.41, 5.74) is 0. The number of rotatable bonds is 12. The maximum Gasteiger partial charge on any atom is 0.331 e. The normalized spacial score (nSPS) is 10.3. The average molecular weight is 472 g/mol. The Kier molecular flexibility index (Phi) is 10.6. The molecule has 2 aromatic rings. The van der Waals surface area contributed by atoms with E-state index < -0.39 is 23.9 Å². The van der Waals surface area contributed by atoms with Crippen LogP contribution in [0.5, 0.6) is 23.0 Å². The van der Waals surface area contributed by atoms with Gasteiger partial charge in [0.2, 0.25) is 0 Å². The lowest BCUT2D eigenvalue weighted by molar-refractivity contribution is -0.144. The van der Waals surface area contributed by atoms with Crippen LogP contribution in [0.1, 0.15) is 12.8 Å². The second-order valence-corrected chi connectivity index (χ2v) is 6.47. The third-order valence-corrected chi connectivity index (χ3v) is 4.04. The van der Waals surface area contributed by atoms with Gasteiger partial charge in [0.25, 0.3) is 0 Å². The van der Waals surface area contributed by atoms with Gasteiger partial charge in [-0.25, -0.2) is 9.59 Å². The van der Waals surface area contributed by atoms with Gasteiger partial charge in [0, 0.05) is 12.2 Å². The number of esters is 4. The van der Waals surface area contributed by atoms with E-state index in [1.165, 1.54) is 14.2 Å². The van der Waals surface area contributed by atoms with Gasteiger partial charge in [0.05, 0.1) is 27.1 Å². The molecule has 0 aliphatic carbocycles. The first-order chi connectivity index (χ1) is 16.4. The van der Waals surface area contributed by atoms with E-state index in [1.54, 1.807) is 48.5 Å². The summed E-state index contributed by atoms with van der Waals surface area (Å²) < 4.78 is 29.8. The first-order valence-electron chi connectivity index (χ1n) is 10.1. The molecule has 0 amide bonds. The van der Waals surface area contributed by atoms with Crippen molar-refractivity contribution in [2.24, 2.45) is 0 Å². The van der Waals surface area contributed by atoms with E-state index in [2.05, 4.69) is 0 Å². The number of hydrogen-bond donors (Lipinski definition) is 0. The van der Waals surface area contributed by atoms with Gasteiger partial charge in [0.1, 0.15) is 36.2 Å². The van der Waals surface area contributed by atoms with Gasteiger partial charge >= 0.3 is 23.9 Å². The van der Waals surface area contributed by atoms with E-state index in [0.29, 0.717) is 23.0 Å². The minimum absolute atomic E-state index is 0.174. The fraction of sp³-hybridized carbons (Fsp3) is 0.250. The molecule has 10 nitrogen and oxygen atoms in total. The van der Waals surface area contributed by atoms with Gasteiger partial charge in [-0.3, -0.25) is 9.59 Å². The Morgan fingerprint density at radius 3 is 1.24 bits per heavy atom. The van der Waals surface area contributed by atoms with Crippen LogP contribution in [-0.2, 0) is 28.7 Å². The van der Waals surface area contributed by atoms with Crippen LogP contribution in [0.4, 0.5) is 0 Å². The third kappa shape index (κ3) is 9.86. The number of methoxy groups -OCH3 is 2. The van der Waals surface area contributed by atoms with Crippen molar-refractivity contribution in [3.05, 3.63) is 60.7 Å². The third-order valence-electron chi connectivity index (χ3n) is 4.04. The number of ether oxygens (including phenoxy) is 6. The second kappa shape index (κ2) is 13.9. The maximum absolute atomic E-state index is 11.8. The summed E-state index contributed by atoms with van der Waals surface area (Å²) in [6.07, 6.45) is 1.36. The standard InChI is InChI=1S/C24H24O10/c1-29-17-3-7-19(8-4-17)33-23(27)13-15-31-21(25)11-12-22(26)32-16-14-24(28)34-20-9-5-18(30-2)6-10-20/h3-12H,13-16H2,1-2H3/b12-11-. The Bertz CT molecular complexity index is 912. The number of hydrogen-bond acceptors (Lipinski definition) is 10. The molecule has 0 saturated carbocycles. The molecule has 2 rings (SSSR count). The van der Waals surface area contributed by atoms with Crippen LogP contribution in [-0.4, -0.2) is 51.3 Å². The van der Waals surface area contributed by atoms with Gasteiger partial charge < -0.3 is 28.4 Å². The van der Waals surface area contributed by atoms with Crippen LogP contribution in [0.25, 0.3) is 0 Å². The van der Waals surface area contributed by atoms with Crippen molar-refractivity contribution >= 4 is 23.9 Å². The summed E-state index contributed by atoms with van der Waals surface area (Å²) in [6, 6.07) is 12.8. The topological polar surface area (TPSA) is 124 Å². The van der Waals surface area contributed by atoms with Crippen molar-refractivity contribution < 1.29 is 47.6 Å². The lowest BCUT2D eigenvalue weighted by Crippen LogP contribution is -2.14. The van der Waals surface area contributed by atoms with Crippen LogP contribution in [0, 0.1) is 0 Å². The highest BCUT2D eigenvalue weighted by atomic mass is 16.6. The van der Waals surface area contributed by atoms with E-state index in [0.717, 1.165) is 12.2 Å². The molecule has 0 bridgehead atoms.